The van der Waals surface area contributed by atoms with Crippen LogP contribution in [0.1, 0.15) is 138 Å². The molecule has 62 heteroatoms. The summed E-state index contributed by atoms with van der Waals surface area (Å²) < 4.78 is 0. The van der Waals surface area contributed by atoms with Crippen molar-refractivity contribution in [2.24, 2.45) is 0 Å². The fourth-order valence-corrected chi connectivity index (χ4v) is 0. The number of aliphatic hydroxyl groups excluding tert-OH is 20. The van der Waals surface area contributed by atoms with Crippen LogP contribution in [0.2, 0.25) is 0 Å². The van der Waals surface area contributed by atoms with E-state index in [0.717, 1.165) is 138 Å². The second-order valence-electron chi connectivity index (χ2n) is 19.9. The van der Waals surface area contributed by atoms with Crippen LogP contribution in [0.15, 0.2) is 0 Å². The molecule has 0 aliphatic heterocycles. The summed E-state index contributed by atoms with van der Waals surface area (Å²) in [5.74, 6) is -28.7. The summed E-state index contributed by atoms with van der Waals surface area (Å²) in [4.78, 5) is 187. The molecule has 0 radical (unpaired) electrons. The zero-order chi connectivity index (χ0) is 103. The molecule has 60 nitrogen and oxygen atoms in total. The van der Waals surface area contributed by atoms with E-state index in [1.54, 1.807) is 0 Å². The first-order chi connectivity index (χ1) is 52.9. The fourth-order valence-electron chi connectivity index (χ4n) is 0. The van der Waals surface area contributed by atoms with Gasteiger partial charge in [-0.3, -0.25) is 0 Å². The molecule has 0 aromatic rings. The van der Waals surface area contributed by atoms with Crippen molar-refractivity contribution in [2.75, 3.05) is 0 Å². The molecule has 0 saturated heterocycles. The van der Waals surface area contributed by atoms with E-state index in [-0.39, 0.29) is 44.8 Å². The largest absolute Gasteiger partial charge is 3.00 e. The molecular weight excluding hydrogens is 2070 g/mol. The summed E-state index contributed by atoms with van der Waals surface area (Å²) in [6.45, 7) is 22.7. The molecule has 0 fully saturated rings. The summed E-state index contributed by atoms with van der Waals surface area (Å²) in [6, 6.07) is 0. The number of carboxylic acid groups (broad SMARTS) is 20. The number of carbonyl (C=O) groups is 20. The number of carbonyl (C=O) groups excluding carboxylic acids is 20. The molecule has 20 unspecified atom stereocenters. The Morgan fingerprint density at radius 3 is 0.115 bits per heavy atom. The van der Waals surface area contributed by atoms with Crippen LogP contribution in [-0.2, 0) is 141 Å². The van der Waals surface area contributed by atoms with Gasteiger partial charge in [-0.25, -0.2) is 0 Å². The molecule has 20 atom stereocenters. The minimum absolute atomic E-state index is 0. The van der Waals surface area contributed by atoms with Crippen molar-refractivity contribution in [1.29, 1.82) is 0 Å². The molecule has 0 bridgehead atoms. The van der Waals surface area contributed by atoms with Gasteiger partial charge in [-0.05, 0) is 138 Å². The maximum atomic E-state index is 9.34. The minimum Gasteiger partial charge on any atom is -0.547 e. The average molecular weight is 2180 g/mol. The van der Waals surface area contributed by atoms with Crippen molar-refractivity contribution < 1.29 is 345 Å². The van der Waals surface area contributed by atoms with E-state index in [1.165, 1.54) is 0 Å². The summed E-state index contributed by atoms with van der Waals surface area (Å²) in [5, 5.41) is 346. The standard InChI is InChI=1S/20C3H6O3.2Au/c20*1-2(4)3(5)6;;/h20*2,4H,1H3,(H,5,6);;/q;;;;;;;;;;;;;;;;;;;;2*+3/p-20. The van der Waals surface area contributed by atoms with Crippen molar-refractivity contribution in [3.63, 3.8) is 0 Å². The summed E-state index contributed by atoms with van der Waals surface area (Å²) >= 11 is 0. The van der Waals surface area contributed by atoms with Crippen molar-refractivity contribution in [2.45, 2.75) is 261 Å². The maximum absolute atomic E-state index is 9.34. The maximum Gasteiger partial charge on any atom is 3.00 e. The number of rotatable bonds is 20. The van der Waals surface area contributed by atoms with Crippen molar-refractivity contribution in [1.82, 2.24) is 0 Å². The Hall–Kier alpha value is -9.92. The molecule has 736 valence electrons. The van der Waals surface area contributed by atoms with Crippen molar-refractivity contribution >= 4 is 119 Å². The molecule has 0 rings (SSSR count). The van der Waals surface area contributed by atoms with E-state index < -0.39 is 241 Å². The molecule has 0 aromatic carbocycles. The van der Waals surface area contributed by atoms with E-state index >= 15 is 0 Å². The quantitative estimate of drug-likeness (QED) is 0.0503. The van der Waals surface area contributed by atoms with E-state index in [9.17, 15) is 198 Å². The molecule has 122 heavy (non-hydrogen) atoms. The van der Waals surface area contributed by atoms with Crippen LogP contribution in [0, 0.1) is 0 Å². The van der Waals surface area contributed by atoms with Crippen LogP contribution in [0.5, 0.6) is 0 Å². The van der Waals surface area contributed by atoms with Crippen molar-refractivity contribution in [3.8, 4) is 0 Å². The fraction of sp³-hybridized carbons (Fsp3) is 0.667. The van der Waals surface area contributed by atoms with Crippen molar-refractivity contribution in [3.05, 3.63) is 0 Å². The first-order valence-corrected chi connectivity index (χ1v) is 30.6. The van der Waals surface area contributed by atoms with Gasteiger partial charge in [0.05, 0.1) is 241 Å². The van der Waals surface area contributed by atoms with Gasteiger partial charge in [0.1, 0.15) is 0 Å². The molecule has 0 heterocycles. The smallest absolute Gasteiger partial charge is 0.547 e. The molecule has 0 aliphatic rings. The molecule has 20 N–H and O–H groups in total. The van der Waals surface area contributed by atoms with E-state index in [0.29, 0.717) is 0 Å². The average Bonchev–Trinajstić information content (AvgIpc) is 3.59. The van der Waals surface area contributed by atoms with Gasteiger partial charge in [-0.1, -0.05) is 0 Å². The van der Waals surface area contributed by atoms with Gasteiger partial charge in [0.15, 0.2) is 0 Å². The van der Waals surface area contributed by atoms with Crippen LogP contribution in [0.25, 0.3) is 0 Å². The minimum atomic E-state index is -1.44. The molecule has 0 aliphatic carbocycles. The normalized spacial score (nSPS) is 13.4. The first kappa shape index (κ1) is 170. The number of carboxylic acids is 20. The second kappa shape index (κ2) is 111. The first-order valence-electron chi connectivity index (χ1n) is 30.6. The van der Waals surface area contributed by atoms with E-state index in [1.807, 2.05) is 0 Å². The van der Waals surface area contributed by atoms with Gasteiger partial charge < -0.3 is 300 Å². The number of hydrogen-bond acceptors (Lipinski definition) is 60. The zero-order valence-corrected chi connectivity index (χ0v) is 71.8. The van der Waals surface area contributed by atoms with E-state index in [2.05, 4.69) is 0 Å². The van der Waals surface area contributed by atoms with Crippen LogP contribution < -0.4 is 102 Å². The Morgan fingerprint density at radius 2 is 0.115 bits per heavy atom. The SMILES string of the molecule is CC(O)C(=O)[O-].CC(O)C(=O)[O-].CC(O)C(=O)[O-].CC(O)C(=O)[O-].CC(O)C(=O)[O-].CC(O)C(=O)[O-].CC(O)C(=O)[O-].CC(O)C(=O)[O-].CC(O)C(=O)[O-].CC(O)C(=O)[O-].CC(O)C(=O)[O-].CC(O)C(=O)[O-].CC(O)C(=O)[O-].CC(O)C(=O)[O-].CC(O)C(=O)[O-].CC(O)C(=O)[O-].CC(O)C(=O)[O-].CC(O)C(=O)[O-].CC(O)C(=O)[O-].CC(O)C(=O)[O-].[Au+3].[Au+3]. The topological polar surface area (TPSA) is 1210 Å². The Morgan fingerprint density at radius 1 is 0.107 bits per heavy atom. The third-order valence-corrected chi connectivity index (χ3v) is 6.82. The van der Waals surface area contributed by atoms with Crippen LogP contribution in [0.4, 0.5) is 0 Å². The Kier molecular flexibility index (Phi) is 155. The summed E-state index contributed by atoms with van der Waals surface area (Å²) in [5.41, 5.74) is 0. The summed E-state index contributed by atoms with van der Waals surface area (Å²) in [7, 11) is 0. The second-order valence-corrected chi connectivity index (χ2v) is 19.9. The molecule has 0 amide bonds. The van der Waals surface area contributed by atoms with Gasteiger partial charge in [-0.15, -0.1) is 0 Å². The van der Waals surface area contributed by atoms with Gasteiger partial charge in [0, 0.05) is 0 Å². The number of aliphatic hydroxyl groups is 20. The molecule has 0 spiro atoms. The summed E-state index contributed by atoms with van der Waals surface area (Å²) in [6.07, 6.45) is -26.9. The van der Waals surface area contributed by atoms with Gasteiger partial charge >= 0.3 is 44.8 Å². The number of hydrogen-bond donors (Lipinski definition) is 20. The Labute approximate surface area is 722 Å². The molecular formula is C60H100Au2O60-14. The molecule has 0 saturated carbocycles. The van der Waals surface area contributed by atoms with Crippen LogP contribution >= 0.6 is 0 Å². The Balaban J connectivity index is -0.0000000431. The Bertz CT molecular complexity index is 1930. The van der Waals surface area contributed by atoms with Gasteiger partial charge in [0.2, 0.25) is 0 Å². The number of aliphatic carboxylic acids is 20. The third-order valence-electron chi connectivity index (χ3n) is 6.82. The molecule has 0 aromatic heterocycles. The van der Waals surface area contributed by atoms with Gasteiger partial charge in [-0.2, -0.15) is 0 Å². The third kappa shape index (κ3) is 267. The van der Waals surface area contributed by atoms with Crippen LogP contribution in [-0.4, -0.2) is 344 Å². The van der Waals surface area contributed by atoms with Gasteiger partial charge in [0.25, 0.3) is 0 Å². The zero-order valence-electron chi connectivity index (χ0n) is 67.4. The predicted octanol–water partition coefficient (Wildman–Crippen LogP) is -37.7. The monoisotopic (exact) mass is 2170 g/mol. The van der Waals surface area contributed by atoms with Crippen LogP contribution in [0.3, 0.4) is 0 Å². The van der Waals surface area contributed by atoms with E-state index in [4.69, 9.17) is 102 Å². The predicted molar refractivity (Wildman–Crippen MR) is 334 cm³/mol.